The largest absolute Gasteiger partial charge is 0.523 e. The van der Waals surface area contributed by atoms with E-state index in [1.807, 2.05) is 13.8 Å². The average molecular weight is 481 g/mol. The molecule has 4 N–H and O–H groups in total. The van der Waals surface area contributed by atoms with Crippen LogP contribution in [0.15, 0.2) is 12.1 Å². The first-order chi connectivity index (χ1) is 12.1. The van der Waals surface area contributed by atoms with Crippen molar-refractivity contribution in [3.8, 4) is 17.2 Å². The summed E-state index contributed by atoms with van der Waals surface area (Å²) in [6, 6.07) is 2.06. The summed E-state index contributed by atoms with van der Waals surface area (Å²) >= 11 is 1.28. The Morgan fingerprint density at radius 1 is 1.23 bits per heavy atom. The maximum Gasteiger partial charge on any atom is 0.523 e. The number of hydrogen-bond donors (Lipinski definition) is 4. The molecule has 26 heavy (non-hydrogen) atoms. The van der Waals surface area contributed by atoms with Crippen LogP contribution in [0.2, 0.25) is 0 Å². The highest BCUT2D eigenvalue weighted by Gasteiger charge is 2.20. The maximum absolute atomic E-state index is 12.3. The van der Waals surface area contributed by atoms with Crippen LogP contribution in [-0.4, -0.2) is 39.9 Å². The molecule has 1 atom stereocenters. The first-order valence-electron chi connectivity index (χ1n) is 7.70. The van der Waals surface area contributed by atoms with Crippen molar-refractivity contribution in [3.63, 3.8) is 0 Å². The van der Waals surface area contributed by atoms with E-state index in [9.17, 15) is 24.6 Å². The van der Waals surface area contributed by atoms with Crippen LogP contribution in [0.25, 0.3) is 0 Å². The number of halogens is 1. The lowest BCUT2D eigenvalue weighted by molar-refractivity contribution is -0.138. The molecule has 0 fully saturated rings. The van der Waals surface area contributed by atoms with Crippen LogP contribution in [0.4, 0.5) is 4.79 Å². The summed E-state index contributed by atoms with van der Waals surface area (Å²) in [5.74, 6) is -3.39. The van der Waals surface area contributed by atoms with Gasteiger partial charge in [-0.2, -0.15) is 0 Å². The second-order valence-corrected chi connectivity index (χ2v) is 6.52. The molecule has 0 aliphatic rings. The number of carboxylic acid groups (broad SMARTS) is 1. The van der Waals surface area contributed by atoms with Crippen LogP contribution < -0.4 is 10.1 Å². The maximum atomic E-state index is 12.3. The summed E-state index contributed by atoms with van der Waals surface area (Å²) < 4.78 is 8.92. The third-order valence-electron chi connectivity index (χ3n) is 3.39. The molecule has 0 aromatic heterocycles. The molecule has 1 aromatic rings. The van der Waals surface area contributed by atoms with Crippen LogP contribution in [-0.2, 0) is 7.86 Å². The number of carbonyl (C=O) groups is 3. The monoisotopic (exact) mass is 481 g/mol. The van der Waals surface area contributed by atoms with Crippen molar-refractivity contribution in [2.75, 3.05) is 6.54 Å². The topological polar surface area (TPSA) is 142 Å². The molecule has 10 heteroatoms. The minimum absolute atomic E-state index is 0.0739. The standard InChI is InChI=1S/C16H20INO8/c1-8(2)3-9(4-13(20)21)7-18-15(23)10-5-11(19)14(22)12(6-10)25-16(24)26-17/h5-6,8-9,19,22H,3-4,7H2,1-2H3,(H,18,23)(H,20,21)/t9-/m0/s1. The van der Waals surface area contributed by atoms with Gasteiger partial charge in [0.15, 0.2) is 34.5 Å². The summed E-state index contributed by atoms with van der Waals surface area (Å²) in [7, 11) is 0. The van der Waals surface area contributed by atoms with Gasteiger partial charge >= 0.3 is 12.1 Å². The molecule has 0 aliphatic heterocycles. The van der Waals surface area contributed by atoms with Gasteiger partial charge in [0.05, 0.1) is 0 Å². The fraction of sp³-hybridized carbons (Fsp3) is 0.438. The Morgan fingerprint density at radius 2 is 1.88 bits per heavy atom. The summed E-state index contributed by atoms with van der Waals surface area (Å²) in [5.41, 5.74) is -0.0739. The summed E-state index contributed by atoms with van der Waals surface area (Å²) in [5, 5.41) is 30.9. The number of carbonyl (C=O) groups excluding carboxylic acids is 2. The molecular weight excluding hydrogens is 461 g/mol. The lowest BCUT2D eigenvalue weighted by Gasteiger charge is -2.18. The van der Waals surface area contributed by atoms with Gasteiger partial charge in [0.1, 0.15) is 0 Å². The molecule has 0 heterocycles. The van der Waals surface area contributed by atoms with Crippen molar-refractivity contribution in [2.45, 2.75) is 26.7 Å². The Bertz CT molecular complexity index is 676. The van der Waals surface area contributed by atoms with E-state index in [-0.39, 0.29) is 30.4 Å². The molecular formula is C16H20INO8. The smallest absolute Gasteiger partial charge is 0.504 e. The van der Waals surface area contributed by atoms with E-state index in [1.165, 1.54) is 23.0 Å². The van der Waals surface area contributed by atoms with E-state index in [2.05, 4.69) is 13.1 Å². The molecule has 0 unspecified atom stereocenters. The summed E-state index contributed by atoms with van der Waals surface area (Å²) in [4.78, 5) is 34.3. The highest BCUT2D eigenvalue weighted by Crippen LogP contribution is 2.36. The molecule has 0 bridgehead atoms. The fourth-order valence-corrected chi connectivity index (χ4v) is 2.49. The molecule has 9 nitrogen and oxygen atoms in total. The van der Waals surface area contributed by atoms with Crippen molar-refractivity contribution in [2.24, 2.45) is 11.8 Å². The number of aliphatic carboxylic acids is 1. The van der Waals surface area contributed by atoms with Crippen LogP contribution in [0.5, 0.6) is 17.2 Å². The number of amides is 1. The third-order valence-corrected chi connectivity index (χ3v) is 3.75. The SMILES string of the molecule is CC(C)C[C@H](CNC(=O)c1cc(O)c(O)c(OC(=O)OI)c1)CC(=O)O. The average Bonchev–Trinajstić information content (AvgIpc) is 2.55. The van der Waals surface area contributed by atoms with E-state index in [1.54, 1.807) is 0 Å². The van der Waals surface area contributed by atoms with Crippen molar-refractivity contribution in [1.82, 2.24) is 5.32 Å². The zero-order chi connectivity index (χ0) is 19.9. The number of rotatable bonds is 8. The molecule has 0 saturated carbocycles. The minimum Gasteiger partial charge on any atom is -0.504 e. The minimum atomic E-state index is -1.14. The van der Waals surface area contributed by atoms with E-state index >= 15 is 0 Å². The van der Waals surface area contributed by atoms with E-state index in [0.717, 1.165) is 12.1 Å². The van der Waals surface area contributed by atoms with Gasteiger partial charge in [-0.1, -0.05) is 13.8 Å². The van der Waals surface area contributed by atoms with E-state index < -0.39 is 35.3 Å². The first-order valence-corrected chi connectivity index (χ1v) is 8.58. The molecule has 1 aromatic carbocycles. The van der Waals surface area contributed by atoms with Gasteiger partial charge in [-0.3, -0.25) is 9.59 Å². The van der Waals surface area contributed by atoms with Crippen molar-refractivity contribution in [1.29, 1.82) is 0 Å². The molecule has 0 spiro atoms. The molecule has 144 valence electrons. The molecule has 0 radical (unpaired) electrons. The van der Waals surface area contributed by atoms with Gasteiger partial charge < -0.3 is 28.4 Å². The highest BCUT2D eigenvalue weighted by atomic mass is 127. The van der Waals surface area contributed by atoms with Gasteiger partial charge in [-0.25, -0.2) is 4.79 Å². The van der Waals surface area contributed by atoms with Crippen molar-refractivity contribution >= 4 is 41.0 Å². The number of phenolic OH excluding ortho intramolecular Hbond substituents is 2. The van der Waals surface area contributed by atoms with Crippen LogP contribution in [0.1, 0.15) is 37.0 Å². The second kappa shape index (κ2) is 10.0. The zero-order valence-electron chi connectivity index (χ0n) is 14.2. The third kappa shape index (κ3) is 6.94. The number of phenols is 2. The molecule has 1 amide bonds. The van der Waals surface area contributed by atoms with Gasteiger partial charge in [-0.05, 0) is 30.4 Å². The molecule has 0 saturated heterocycles. The summed E-state index contributed by atoms with van der Waals surface area (Å²) in [6.45, 7) is 4.02. The molecule has 0 aliphatic carbocycles. The molecule has 1 rings (SSSR count). The van der Waals surface area contributed by atoms with Crippen molar-refractivity contribution < 1.29 is 37.5 Å². The lowest BCUT2D eigenvalue weighted by Crippen LogP contribution is -2.31. The number of nitrogens with one attached hydrogen (secondary N) is 1. The zero-order valence-corrected chi connectivity index (χ0v) is 16.3. The number of carboxylic acids is 1. The Balaban J connectivity index is 2.88. The van der Waals surface area contributed by atoms with Crippen LogP contribution >= 0.6 is 23.0 Å². The Kier molecular flexibility index (Phi) is 8.42. The lowest BCUT2D eigenvalue weighted by atomic mass is 9.94. The normalized spacial score (nSPS) is 11.7. The van der Waals surface area contributed by atoms with E-state index in [4.69, 9.17) is 5.11 Å². The number of hydrogen-bond acceptors (Lipinski definition) is 7. The number of aromatic hydroxyl groups is 2. The number of benzene rings is 1. The summed E-state index contributed by atoms with van der Waals surface area (Å²) in [6.07, 6.45) is -0.616. The van der Waals surface area contributed by atoms with Crippen LogP contribution in [0, 0.1) is 11.8 Å². The van der Waals surface area contributed by atoms with Crippen molar-refractivity contribution in [3.05, 3.63) is 17.7 Å². The van der Waals surface area contributed by atoms with Gasteiger partial charge in [0.25, 0.3) is 5.91 Å². The van der Waals surface area contributed by atoms with Gasteiger partial charge in [-0.15, -0.1) is 0 Å². The van der Waals surface area contributed by atoms with Gasteiger partial charge in [0.2, 0.25) is 5.75 Å². The van der Waals surface area contributed by atoms with Gasteiger partial charge in [0, 0.05) is 18.5 Å². The number of ether oxygens (including phenoxy) is 1. The Hall–Kier alpha value is -2.24. The predicted octanol–water partition coefficient (Wildman–Crippen LogP) is 2.83. The predicted molar refractivity (Wildman–Crippen MR) is 98.4 cm³/mol. The fourth-order valence-electron chi connectivity index (χ4n) is 2.40. The quantitative estimate of drug-likeness (QED) is 0.192. The Labute approximate surface area is 164 Å². The first kappa shape index (κ1) is 21.8. The van der Waals surface area contributed by atoms with E-state index in [0.29, 0.717) is 6.42 Å². The van der Waals surface area contributed by atoms with Crippen LogP contribution in [0.3, 0.4) is 0 Å². The highest BCUT2D eigenvalue weighted by molar-refractivity contribution is 14.1. The Morgan fingerprint density at radius 3 is 2.42 bits per heavy atom. The second-order valence-electron chi connectivity index (χ2n) is 6.07.